The van der Waals surface area contributed by atoms with Crippen LogP contribution in [0, 0.1) is 0 Å². The Morgan fingerprint density at radius 2 is 1.90 bits per heavy atom. The van der Waals surface area contributed by atoms with Gasteiger partial charge in [0.2, 0.25) is 0 Å². The van der Waals surface area contributed by atoms with Gasteiger partial charge in [-0.05, 0) is 49.1 Å². The largest absolute Gasteiger partial charge is 0.484 e. The highest BCUT2D eigenvalue weighted by Crippen LogP contribution is 2.26. The highest BCUT2D eigenvalue weighted by molar-refractivity contribution is 5.77. The maximum atomic E-state index is 12.2. The molecule has 1 aromatic carbocycles. The van der Waals surface area contributed by atoms with Crippen LogP contribution >= 0.6 is 0 Å². The van der Waals surface area contributed by atoms with E-state index in [4.69, 9.17) is 4.74 Å². The Bertz CT molecular complexity index is 508. The average Bonchev–Trinajstić information content (AvgIpc) is 3.00. The van der Waals surface area contributed by atoms with Crippen molar-refractivity contribution in [2.24, 2.45) is 0 Å². The van der Waals surface area contributed by atoms with E-state index in [0.717, 1.165) is 44.9 Å². The second-order valence-corrected chi connectivity index (χ2v) is 5.89. The molecule has 21 heavy (non-hydrogen) atoms. The number of fused-ring (bicyclic) bond motifs is 1. The molecule has 1 fully saturated rings. The third-order valence-electron chi connectivity index (χ3n) is 4.60. The molecule has 0 spiro atoms. The molecule has 0 N–H and O–H groups in total. The lowest BCUT2D eigenvalue weighted by Gasteiger charge is -2.33. The zero-order valence-electron chi connectivity index (χ0n) is 12.8. The minimum Gasteiger partial charge on any atom is -0.484 e. The van der Waals surface area contributed by atoms with Gasteiger partial charge in [-0.15, -0.1) is 0 Å². The van der Waals surface area contributed by atoms with Crippen molar-refractivity contribution in [1.82, 2.24) is 9.80 Å². The maximum absolute atomic E-state index is 12.2. The number of carbonyl (C=O) groups excluding carboxylic acids is 1. The van der Waals surface area contributed by atoms with Crippen LogP contribution < -0.4 is 4.74 Å². The molecule has 3 rings (SSSR count). The summed E-state index contributed by atoms with van der Waals surface area (Å²) < 4.78 is 5.69. The molecule has 1 saturated heterocycles. The van der Waals surface area contributed by atoms with Crippen LogP contribution in [0.5, 0.6) is 5.75 Å². The first-order valence-corrected chi connectivity index (χ1v) is 8.01. The number of benzene rings is 1. The highest BCUT2D eigenvalue weighted by Gasteiger charge is 2.20. The second-order valence-electron chi connectivity index (χ2n) is 5.89. The van der Waals surface area contributed by atoms with E-state index in [1.165, 1.54) is 24.0 Å². The minimum atomic E-state index is 0.103. The molecule has 0 radical (unpaired) electrons. The highest BCUT2D eigenvalue weighted by atomic mass is 16.5. The van der Waals surface area contributed by atoms with Crippen LogP contribution in [-0.2, 0) is 17.6 Å². The first-order valence-electron chi connectivity index (χ1n) is 8.01. The summed E-state index contributed by atoms with van der Waals surface area (Å²) >= 11 is 0. The van der Waals surface area contributed by atoms with Crippen molar-refractivity contribution in [3.8, 4) is 5.75 Å². The Morgan fingerprint density at radius 1 is 1.14 bits per heavy atom. The van der Waals surface area contributed by atoms with E-state index in [1.807, 2.05) is 11.0 Å². The first kappa shape index (κ1) is 14.4. The van der Waals surface area contributed by atoms with Crippen molar-refractivity contribution in [2.75, 3.05) is 39.3 Å². The first-order chi connectivity index (χ1) is 10.3. The average molecular weight is 288 g/mol. The number of nitrogens with zero attached hydrogens (tertiary/aromatic N) is 2. The van der Waals surface area contributed by atoms with E-state index in [9.17, 15) is 4.79 Å². The molecule has 4 nitrogen and oxygen atoms in total. The van der Waals surface area contributed by atoms with E-state index < -0.39 is 0 Å². The zero-order chi connectivity index (χ0) is 14.7. The molecule has 0 atom stereocenters. The van der Waals surface area contributed by atoms with Gasteiger partial charge in [-0.3, -0.25) is 4.79 Å². The lowest BCUT2D eigenvalue weighted by atomic mass is 10.1. The number of carbonyl (C=O) groups is 1. The maximum Gasteiger partial charge on any atom is 0.260 e. The molecule has 114 valence electrons. The Kier molecular flexibility index (Phi) is 4.44. The number of piperazine rings is 1. The summed E-state index contributed by atoms with van der Waals surface area (Å²) in [6.07, 6.45) is 3.55. The van der Waals surface area contributed by atoms with Gasteiger partial charge in [-0.2, -0.15) is 0 Å². The lowest BCUT2D eigenvalue weighted by molar-refractivity contribution is -0.135. The van der Waals surface area contributed by atoms with Crippen LogP contribution in [-0.4, -0.2) is 55.0 Å². The Labute approximate surface area is 126 Å². The quantitative estimate of drug-likeness (QED) is 0.846. The van der Waals surface area contributed by atoms with Crippen molar-refractivity contribution in [2.45, 2.75) is 26.2 Å². The Morgan fingerprint density at radius 3 is 2.67 bits per heavy atom. The molecule has 1 aliphatic heterocycles. The summed E-state index contributed by atoms with van der Waals surface area (Å²) in [5.41, 5.74) is 2.82. The van der Waals surface area contributed by atoms with Crippen LogP contribution in [0.4, 0.5) is 0 Å². The zero-order valence-corrected chi connectivity index (χ0v) is 12.8. The van der Waals surface area contributed by atoms with Crippen molar-refractivity contribution in [3.63, 3.8) is 0 Å². The molecule has 1 aliphatic carbocycles. The van der Waals surface area contributed by atoms with Gasteiger partial charge < -0.3 is 14.5 Å². The minimum absolute atomic E-state index is 0.103. The van der Waals surface area contributed by atoms with Crippen LogP contribution in [0.15, 0.2) is 18.2 Å². The van der Waals surface area contributed by atoms with Gasteiger partial charge in [0.25, 0.3) is 5.91 Å². The van der Waals surface area contributed by atoms with Crippen LogP contribution in [0.1, 0.15) is 24.5 Å². The van der Waals surface area contributed by atoms with Gasteiger partial charge >= 0.3 is 0 Å². The summed E-state index contributed by atoms with van der Waals surface area (Å²) in [7, 11) is 0. The van der Waals surface area contributed by atoms with Crippen LogP contribution in [0.3, 0.4) is 0 Å². The number of hydrogen-bond donors (Lipinski definition) is 0. The predicted octanol–water partition coefficient (Wildman–Crippen LogP) is 1.72. The molecule has 0 bridgehead atoms. The summed E-state index contributed by atoms with van der Waals surface area (Å²) in [5, 5.41) is 0. The Hall–Kier alpha value is -1.55. The van der Waals surface area contributed by atoms with Crippen molar-refractivity contribution in [3.05, 3.63) is 29.3 Å². The molecule has 4 heteroatoms. The second kappa shape index (κ2) is 6.48. The van der Waals surface area contributed by atoms with Crippen molar-refractivity contribution in [1.29, 1.82) is 0 Å². The smallest absolute Gasteiger partial charge is 0.260 e. The number of ether oxygens (including phenoxy) is 1. The van der Waals surface area contributed by atoms with E-state index in [0.29, 0.717) is 0 Å². The number of hydrogen-bond acceptors (Lipinski definition) is 3. The topological polar surface area (TPSA) is 32.8 Å². The molecule has 1 heterocycles. The predicted molar refractivity (Wildman–Crippen MR) is 82.7 cm³/mol. The van der Waals surface area contributed by atoms with Gasteiger partial charge in [-0.25, -0.2) is 0 Å². The molecular weight excluding hydrogens is 264 g/mol. The number of amides is 1. The van der Waals surface area contributed by atoms with Gasteiger partial charge in [-0.1, -0.05) is 13.0 Å². The van der Waals surface area contributed by atoms with Gasteiger partial charge in [0.1, 0.15) is 5.75 Å². The third-order valence-corrected chi connectivity index (χ3v) is 4.60. The van der Waals surface area contributed by atoms with Crippen LogP contribution in [0.2, 0.25) is 0 Å². The van der Waals surface area contributed by atoms with E-state index in [-0.39, 0.29) is 12.5 Å². The SMILES string of the molecule is CCN1CCN(C(=O)COc2ccc3c(c2)CCC3)CC1. The molecule has 2 aliphatic rings. The summed E-state index contributed by atoms with van der Waals surface area (Å²) in [4.78, 5) is 16.5. The number of rotatable bonds is 4. The summed E-state index contributed by atoms with van der Waals surface area (Å²) in [6, 6.07) is 6.24. The number of aryl methyl sites for hydroxylation is 2. The molecule has 1 aromatic rings. The monoisotopic (exact) mass is 288 g/mol. The van der Waals surface area contributed by atoms with E-state index in [1.54, 1.807) is 0 Å². The van der Waals surface area contributed by atoms with E-state index >= 15 is 0 Å². The lowest BCUT2D eigenvalue weighted by Crippen LogP contribution is -2.49. The van der Waals surface area contributed by atoms with Gasteiger partial charge in [0.15, 0.2) is 6.61 Å². The van der Waals surface area contributed by atoms with Crippen LogP contribution in [0.25, 0.3) is 0 Å². The summed E-state index contributed by atoms with van der Waals surface area (Å²) in [6.45, 7) is 6.97. The normalized spacial score (nSPS) is 18.6. The molecular formula is C17H24N2O2. The van der Waals surface area contributed by atoms with E-state index in [2.05, 4.69) is 24.0 Å². The number of likely N-dealkylation sites (N-methyl/N-ethyl adjacent to an activating group) is 1. The van der Waals surface area contributed by atoms with Gasteiger partial charge in [0.05, 0.1) is 0 Å². The molecule has 0 unspecified atom stereocenters. The van der Waals surface area contributed by atoms with Crippen molar-refractivity contribution >= 4 is 5.91 Å². The molecule has 0 saturated carbocycles. The third kappa shape index (κ3) is 3.38. The Balaban J connectivity index is 1.50. The fourth-order valence-corrected chi connectivity index (χ4v) is 3.19. The fourth-order valence-electron chi connectivity index (χ4n) is 3.19. The fraction of sp³-hybridized carbons (Fsp3) is 0.588. The molecule has 1 amide bonds. The molecule has 0 aromatic heterocycles. The standard InChI is InChI=1S/C17H24N2O2/c1-2-18-8-10-19(11-9-18)17(20)13-21-16-7-6-14-4-3-5-15(14)12-16/h6-7,12H,2-5,8-11,13H2,1H3. The van der Waals surface area contributed by atoms with Crippen molar-refractivity contribution < 1.29 is 9.53 Å². The van der Waals surface area contributed by atoms with Gasteiger partial charge in [0, 0.05) is 26.2 Å². The summed E-state index contributed by atoms with van der Waals surface area (Å²) in [5.74, 6) is 0.933.